The second-order valence-corrected chi connectivity index (χ2v) is 14.9. The predicted molar refractivity (Wildman–Crippen MR) is 224 cm³/mol. The Morgan fingerprint density at radius 3 is 1.70 bits per heavy atom. The number of hydrogen-bond donors (Lipinski definition) is 0. The minimum absolute atomic E-state index is 0.0754. The van der Waals surface area contributed by atoms with Crippen molar-refractivity contribution in [1.29, 1.82) is 0 Å². The molecule has 2 aliphatic rings. The Morgan fingerprint density at radius 2 is 1.12 bits per heavy atom. The summed E-state index contributed by atoms with van der Waals surface area (Å²) in [6.45, 7) is 8.45. The third kappa shape index (κ3) is 15.8. The molecule has 0 bridgehead atoms. The van der Waals surface area contributed by atoms with E-state index in [1.165, 1.54) is 45.4 Å². The fraction of sp³-hybridized carbons (Fsp3) is 0.511. The van der Waals surface area contributed by atoms with Crippen molar-refractivity contribution in [3.63, 3.8) is 0 Å². The zero-order chi connectivity index (χ0) is 49.5. The Bertz CT molecular complexity index is 2150. The molecule has 2 saturated heterocycles. The van der Waals surface area contributed by atoms with E-state index in [-0.39, 0.29) is 30.1 Å². The van der Waals surface area contributed by atoms with Gasteiger partial charge in [0, 0.05) is 54.5 Å². The number of carbonyl (C=O) groups is 8. The van der Waals surface area contributed by atoms with E-state index >= 15 is 0 Å². The molecule has 0 N–H and O–H groups in total. The van der Waals surface area contributed by atoms with Gasteiger partial charge in [-0.25, -0.2) is 4.79 Å². The molecule has 366 valence electrons. The number of esters is 8. The van der Waals surface area contributed by atoms with Crippen molar-refractivity contribution in [2.75, 3.05) is 27.4 Å². The first-order valence-corrected chi connectivity index (χ1v) is 20.7. The van der Waals surface area contributed by atoms with Crippen LogP contribution in [0.1, 0.15) is 66.5 Å². The minimum atomic E-state index is -1.76. The standard InChI is InChI=1S/C45H54O22/c1-22-38(61-26(5)49)40(62-27(6)50)43(64-29(8)52)45(58-22)67-41-39(66-37(53)16-13-30-12-15-33(59-24(3)47)35(20-30)60-25(4)48)36(21-57-23(2)46)65-44(42(41)63-28(7)51)56-18-17-31-11-14-32(54-9)34(19-31)55-10/h11-16,19-20,22,36,38-45H,17-18,21H2,1-10H3/b16-13+. The predicted octanol–water partition coefficient (Wildman–Crippen LogP) is 2.88. The largest absolute Gasteiger partial charge is 0.493 e. The van der Waals surface area contributed by atoms with Crippen LogP contribution in [0, 0.1) is 0 Å². The molecule has 0 spiro atoms. The molecule has 2 fully saturated rings. The molecule has 2 heterocycles. The van der Waals surface area contributed by atoms with E-state index in [2.05, 4.69) is 0 Å². The van der Waals surface area contributed by atoms with Crippen molar-refractivity contribution in [2.24, 2.45) is 0 Å². The Balaban J connectivity index is 1.82. The molecule has 4 rings (SSSR count). The second-order valence-electron chi connectivity index (χ2n) is 14.9. The summed E-state index contributed by atoms with van der Waals surface area (Å²) in [4.78, 5) is 99.7. The molecule has 10 unspecified atom stereocenters. The van der Waals surface area contributed by atoms with Crippen LogP contribution < -0.4 is 18.9 Å². The van der Waals surface area contributed by atoms with Gasteiger partial charge in [0.05, 0.1) is 26.9 Å². The molecule has 22 nitrogen and oxygen atoms in total. The van der Waals surface area contributed by atoms with Crippen LogP contribution in [0.5, 0.6) is 23.0 Å². The Morgan fingerprint density at radius 1 is 0.552 bits per heavy atom. The highest BCUT2D eigenvalue weighted by Crippen LogP contribution is 2.36. The van der Waals surface area contributed by atoms with Crippen molar-refractivity contribution >= 4 is 53.8 Å². The van der Waals surface area contributed by atoms with E-state index in [0.29, 0.717) is 11.5 Å². The smallest absolute Gasteiger partial charge is 0.331 e. The van der Waals surface area contributed by atoms with Gasteiger partial charge in [0.15, 0.2) is 66.1 Å². The zero-order valence-corrected chi connectivity index (χ0v) is 38.5. The van der Waals surface area contributed by atoms with Gasteiger partial charge in [-0.05, 0) is 54.8 Å². The lowest BCUT2D eigenvalue weighted by Crippen LogP contribution is -2.66. The third-order valence-corrected chi connectivity index (χ3v) is 9.53. The Labute approximate surface area is 385 Å². The quantitative estimate of drug-likeness (QED) is 0.0848. The molecule has 67 heavy (non-hydrogen) atoms. The van der Waals surface area contributed by atoms with E-state index in [0.717, 1.165) is 60.1 Å². The zero-order valence-electron chi connectivity index (χ0n) is 38.5. The van der Waals surface area contributed by atoms with Crippen LogP contribution in [0.4, 0.5) is 0 Å². The Kier molecular flexibility index (Phi) is 19.6. The number of methoxy groups -OCH3 is 2. The van der Waals surface area contributed by atoms with E-state index < -0.39 is 116 Å². The van der Waals surface area contributed by atoms with Crippen LogP contribution >= 0.6 is 0 Å². The van der Waals surface area contributed by atoms with Gasteiger partial charge in [0.2, 0.25) is 0 Å². The maximum Gasteiger partial charge on any atom is 0.331 e. The summed E-state index contributed by atoms with van der Waals surface area (Å²) in [5.74, 6) is -6.00. The van der Waals surface area contributed by atoms with E-state index in [1.807, 2.05) is 0 Å². The van der Waals surface area contributed by atoms with Crippen LogP contribution in [-0.2, 0) is 92.1 Å². The van der Waals surface area contributed by atoms with Gasteiger partial charge in [0.1, 0.15) is 18.8 Å². The van der Waals surface area contributed by atoms with Gasteiger partial charge in [-0.2, -0.15) is 0 Å². The van der Waals surface area contributed by atoms with Crippen molar-refractivity contribution in [2.45, 2.75) is 123 Å². The molecule has 2 aromatic rings. The highest BCUT2D eigenvalue weighted by molar-refractivity contribution is 5.87. The summed E-state index contributed by atoms with van der Waals surface area (Å²) in [7, 11) is 2.96. The molecule has 0 aromatic heterocycles. The fourth-order valence-electron chi connectivity index (χ4n) is 6.96. The molecule has 2 aliphatic heterocycles. The molecule has 0 saturated carbocycles. The maximum atomic E-state index is 13.9. The lowest BCUT2D eigenvalue weighted by Gasteiger charge is -2.48. The van der Waals surface area contributed by atoms with Crippen LogP contribution in [0.3, 0.4) is 0 Å². The summed E-state index contributed by atoms with van der Waals surface area (Å²) in [6, 6.07) is 9.25. The first-order chi connectivity index (χ1) is 31.7. The number of carbonyl (C=O) groups excluding carboxylic acids is 8. The van der Waals surface area contributed by atoms with E-state index in [4.69, 9.17) is 66.3 Å². The van der Waals surface area contributed by atoms with Crippen LogP contribution in [-0.4, -0.2) is 137 Å². The van der Waals surface area contributed by atoms with Gasteiger partial charge in [-0.15, -0.1) is 0 Å². The van der Waals surface area contributed by atoms with Gasteiger partial charge in [0.25, 0.3) is 0 Å². The summed E-state index contributed by atoms with van der Waals surface area (Å²) in [5.41, 5.74) is 0.996. The molecule has 2 aromatic carbocycles. The number of benzene rings is 2. The summed E-state index contributed by atoms with van der Waals surface area (Å²) in [5, 5.41) is 0. The summed E-state index contributed by atoms with van der Waals surface area (Å²) in [6.07, 6.45) is -13.0. The highest BCUT2D eigenvalue weighted by atomic mass is 16.8. The number of hydrogen-bond acceptors (Lipinski definition) is 22. The van der Waals surface area contributed by atoms with Crippen LogP contribution in [0.25, 0.3) is 6.08 Å². The second kappa shape index (κ2) is 24.8. The fourth-order valence-corrected chi connectivity index (χ4v) is 6.96. The number of rotatable bonds is 19. The average Bonchev–Trinajstić information content (AvgIpc) is 3.23. The molecular weight excluding hydrogens is 892 g/mol. The molecule has 22 heteroatoms. The lowest BCUT2D eigenvalue weighted by molar-refractivity contribution is -0.359. The summed E-state index contributed by atoms with van der Waals surface area (Å²) >= 11 is 0. The minimum Gasteiger partial charge on any atom is -0.493 e. The monoisotopic (exact) mass is 946 g/mol. The lowest BCUT2D eigenvalue weighted by atomic mass is 9.96. The molecule has 10 atom stereocenters. The molecule has 0 aliphatic carbocycles. The van der Waals surface area contributed by atoms with Gasteiger partial charge >= 0.3 is 47.8 Å². The topological polar surface area (TPSA) is 266 Å². The SMILES string of the molecule is COc1ccc(CCOC2OC(COC(C)=O)C(OC(=O)/C=C/c3ccc(OC(C)=O)c(OC(C)=O)c3)C(OC3OC(C)C(OC(C)=O)C(OC(C)=O)C3OC(C)=O)C2OC(C)=O)cc1OC. The molecule has 0 amide bonds. The van der Waals surface area contributed by atoms with Crippen molar-refractivity contribution < 1.29 is 105 Å². The highest BCUT2D eigenvalue weighted by Gasteiger charge is 2.57. The van der Waals surface area contributed by atoms with Crippen LogP contribution in [0.15, 0.2) is 42.5 Å². The van der Waals surface area contributed by atoms with E-state index in [1.54, 1.807) is 18.2 Å². The third-order valence-electron chi connectivity index (χ3n) is 9.53. The normalized spacial score (nSPS) is 24.6. The van der Waals surface area contributed by atoms with Crippen molar-refractivity contribution in [1.82, 2.24) is 0 Å². The van der Waals surface area contributed by atoms with Crippen molar-refractivity contribution in [3.05, 3.63) is 53.6 Å². The van der Waals surface area contributed by atoms with Crippen molar-refractivity contribution in [3.8, 4) is 23.0 Å². The molecular formula is C45H54O22. The molecule has 0 radical (unpaired) electrons. The summed E-state index contributed by atoms with van der Waals surface area (Å²) < 4.78 is 79.8. The maximum absolute atomic E-state index is 13.9. The van der Waals surface area contributed by atoms with Crippen LogP contribution in [0.2, 0.25) is 0 Å². The Hall–Kier alpha value is -6.62. The average molecular weight is 947 g/mol. The van der Waals surface area contributed by atoms with Gasteiger partial charge in [-0.1, -0.05) is 12.1 Å². The first-order valence-electron chi connectivity index (χ1n) is 20.7. The van der Waals surface area contributed by atoms with Gasteiger partial charge < -0.3 is 66.3 Å². The van der Waals surface area contributed by atoms with E-state index in [9.17, 15) is 38.4 Å². The number of ether oxygens (including phenoxy) is 14. The van der Waals surface area contributed by atoms with Gasteiger partial charge in [-0.3, -0.25) is 33.6 Å². The first kappa shape index (κ1) is 53.0.